The van der Waals surface area contributed by atoms with E-state index < -0.39 is 10.8 Å². The smallest absolute Gasteiger partial charge is 0.248 e. The molecular formula is C6H8Cl2N2O. The van der Waals surface area contributed by atoms with Crippen molar-refractivity contribution in [3.8, 4) is 0 Å². The van der Waals surface area contributed by atoms with Gasteiger partial charge in [-0.05, 0) is 18.5 Å². The molecule has 5 heteroatoms. The first kappa shape index (κ1) is 8.84. The first-order chi connectivity index (χ1) is 4.97. The van der Waals surface area contributed by atoms with Crippen LogP contribution in [-0.4, -0.2) is 22.8 Å². The number of rotatable bonds is 1. The topological polar surface area (TPSA) is 32.3 Å². The molecule has 1 unspecified atom stereocenters. The molecule has 0 fully saturated rings. The van der Waals surface area contributed by atoms with Crippen molar-refractivity contribution in [3.05, 3.63) is 11.2 Å². The van der Waals surface area contributed by atoms with E-state index >= 15 is 0 Å². The second-order valence-corrected chi connectivity index (χ2v) is 3.35. The van der Waals surface area contributed by atoms with Gasteiger partial charge in [-0.1, -0.05) is 11.6 Å². The summed E-state index contributed by atoms with van der Waals surface area (Å²) in [4.78, 5) is 10.9. The maximum absolute atomic E-state index is 10.9. The predicted molar refractivity (Wildman–Crippen MR) is 44.1 cm³/mol. The molecule has 1 N–H and O–H groups in total. The van der Waals surface area contributed by atoms with Crippen LogP contribution >= 0.6 is 23.2 Å². The molecule has 0 saturated heterocycles. The highest BCUT2D eigenvalue weighted by atomic mass is 35.5. The zero-order chi connectivity index (χ0) is 8.65. The van der Waals surface area contributed by atoms with E-state index in [9.17, 15) is 4.79 Å². The van der Waals surface area contributed by atoms with E-state index in [-0.39, 0.29) is 0 Å². The van der Waals surface area contributed by atoms with Crippen molar-refractivity contribution in [1.82, 2.24) is 10.4 Å². The van der Waals surface area contributed by atoms with Crippen molar-refractivity contribution in [2.24, 2.45) is 0 Å². The van der Waals surface area contributed by atoms with E-state index in [1.54, 1.807) is 25.2 Å². The highest BCUT2D eigenvalue weighted by Crippen LogP contribution is 2.28. The highest BCUT2D eigenvalue weighted by molar-refractivity contribution is 6.67. The summed E-state index contributed by atoms with van der Waals surface area (Å²) in [6.07, 6.45) is 1.61. The molecule has 0 aromatic rings. The van der Waals surface area contributed by atoms with E-state index in [0.29, 0.717) is 5.03 Å². The van der Waals surface area contributed by atoms with Crippen LogP contribution in [0.2, 0.25) is 0 Å². The Labute approximate surface area is 74.9 Å². The van der Waals surface area contributed by atoms with Crippen LogP contribution < -0.4 is 5.43 Å². The minimum atomic E-state index is -0.947. The van der Waals surface area contributed by atoms with Gasteiger partial charge in [0.2, 0.25) is 5.24 Å². The molecule has 0 bridgehead atoms. The zero-order valence-electron chi connectivity index (χ0n) is 6.19. The second-order valence-electron chi connectivity index (χ2n) is 2.60. The molecule has 1 aliphatic heterocycles. The lowest BCUT2D eigenvalue weighted by molar-refractivity contribution is -0.116. The molecule has 0 spiro atoms. The monoisotopic (exact) mass is 194 g/mol. The van der Waals surface area contributed by atoms with Gasteiger partial charge in [-0.3, -0.25) is 4.79 Å². The second kappa shape index (κ2) is 2.66. The van der Waals surface area contributed by atoms with Crippen molar-refractivity contribution >= 4 is 28.4 Å². The Bertz CT molecular complexity index is 229. The lowest BCUT2D eigenvalue weighted by Crippen LogP contribution is -2.48. The highest BCUT2D eigenvalue weighted by Gasteiger charge is 2.40. The van der Waals surface area contributed by atoms with Crippen LogP contribution in [-0.2, 0) is 4.79 Å². The summed E-state index contributed by atoms with van der Waals surface area (Å²) in [6.45, 7) is 1.63. The third kappa shape index (κ3) is 1.36. The molecule has 62 valence electrons. The summed E-state index contributed by atoms with van der Waals surface area (Å²) < 4.78 is 0. The van der Waals surface area contributed by atoms with Crippen LogP contribution in [0.5, 0.6) is 0 Å². The van der Waals surface area contributed by atoms with Gasteiger partial charge in [0.15, 0.2) is 0 Å². The number of carbonyl (C=O) groups excluding carboxylic acids is 1. The summed E-state index contributed by atoms with van der Waals surface area (Å²) in [6, 6.07) is 0. The number of carbonyl (C=O) groups is 1. The maximum atomic E-state index is 10.9. The summed E-state index contributed by atoms with van der Waals surface area (Å²) >= 11 is 11.1. The molecule has 3 nitrogen and oxygen atoms in total. The fraction of sp³-hybridized carbons (Fsp3) is 0.500. The average Bonchev–Trinajstić information content (AvgIpc) is 2.08. The van der Waals surface area contributed by atoms with Crippen molar-refractivity contribution < 1.29 is 4.79 Å². The third-order valence-corrected chi connectivity index (χ3v) is 2.43. The molecule has 0 radical (unpaired) electrons. The molecule has 0 aromatic carbocycles. The Kier molecular flexibility index (Phi) is 2.14. The van der Waals surface area contributed by atoms with Crippen LogP contribution in [0.15, 0.2) is 11.2 Å². The van der Waals surface area contributed by atoms with E-state index in [1.807, 2.05) is 0 Å². The minimum Gasteiger partial charge on any atom is -0.316 e. The normalized spacial score (nSPS) is 30.5. The SMILES string of the molecule is CN1C=C(Cl)C(C)(C(=O)Cl)N1. The van der Waals surface area contributed by atoms with Crippen molar-refractivity contribution in [2.45, 2.75) is 12.5 Å². The summed E-state index contributed by atoms with van der Waals surface area (Å²) in [5.41, 5.74) is 1.86. The van der Waals surface area contributed by atoms with Gasteiger partial charge >= 0.3 is 0 Å². The Morgan fingerprint density at radius 3 is 2.55 bits per heavy atom. The molecule has 1 rings (SSSR count). The van der Waals surface area contributed by atoms with Crippen LogP contribution in [0.1, 0.15) is 6.92 Å². The molecule has 1 heterocycles. The molecular weight excluding hydrogens is 187 g/mol. The van der Waals surface area contributed by atoms with Gasteiger partial charge in [-0.2, -0.15) is 0 Å². The lowest BCUT2D eigenvalue weighted by atomic mass is 10.1. The van der Waals surface area contributed by atoms with Crippen LogP contribution in [0.25, 0.3) is 0 Å². The molecule has 0 saturated carbocycles. The van der Waals surface area contributed by atoms with Gasteiger partial charge in [0.25, 0.3) is 0 Å². The minimum absolute atomic E-state index is 0.403. The van der Waals surface area contributed by atoms with Gasteiger partial charge in [0.05, 0.1) is 5.03 Å². The van der Waals surface area contributed by atoms with Crippen LogP contribution in [0.4, 0.5) is 0 Å². The first-order valence-electron chi connectivity index (χ1n) is 3.05. The molecule has 0 amide bonds. The van der Waals surface area contributed by atoms with Gasteiger partial charge in [-0.15, -0.1) is 0 Å². The summed E-state index contributed by atoms with van der Waals surface area (Å²) in [7, 11) is 1.74. The quantitative estimate of drug-likeness (QED) is 0.634. The van der Waals surface area contributed by atoms with Gasteiger partial charge in [0, 0.05) is 13.2 Å². The summed E-state index contributed by atoms with van der Waals surface area (Å²) in [5.74, 6) is 0. The number of hydrazine groups is 1. The number of nitrogens with one attached hydrogen (secondary N) is 1. The molecule has 0 aliphatic carbocycles. The number of hydrogen-bond donors (Lipinski definition) is 1. The Morgan fingerprint density at radius 1 is 1.82 bits per heavy atom. The summed E-state index contributed by atoms with van der Waals surface area (Å²) in [5, 5.41) is 1.49. The molecule has 1 aliphatic rings. The van der Waals surface area contributed by atoms with Crippen LogP contribution in [0.3, 0.4) is 0 Å². The zero-order valence-corrected chi connectivity index (χ0v) is 7.70. The van der Waals surface area contributed by atoms with Gasteiger partial charge in [-0.25, -0.2) is 5.43 Å². The standard InChI is InChI=1S/C6H8Cl2N2O/c1-6(5(8)11)4(7)3-10(2)9-6/h3,9H,1-2H3. The number of nitrogens with zero attached hydrogens (tertiary/aromatic N) is 1. The number of halogens is 2. The van der Waals surface area contributed by atoms with Crippen molar-refractivity contribution in [2.75, 3.05) is 7.05 Å². The predicted octanol–water partition coefficient (Wildman–Crippen LogP) is 1.04. The Hall–Kier alpha value is -0.250. The fourth-order valence-corrected chi connectivity index (χ4v) is 1.34. The van der Waals surface area contributed by atoms with E-state index in [0.717, 1.165) is 0 Å². The third-order valence-electron chi connectivity index (χ3n) is 1.58. The number of hydrogen-bond acceptors (Lipinski definition) is 3. The Balaban J connectivity index is 2.92. The van der Waals surface area contributed by atoms with Gasteiger partial charge < -0.3 is 5.01 Å². The lowest BCUT2D eigenvalue weighted by Gasteiger charge is -2.22. The van der Waals surface area contributed by atoms with E-state index in [2.05, 4.69) is 5.43 Å². The molecule has 11 heavy (non-hydrogen) atoms. The largest absolute Gasteiger partial charge is 0.316 e. The molecule has 0 aromatic heterocycles. The fourth-order valence-electron chi connectivity index (χ4n) is 0.875. The Morgan fingerprint density at radius 2 is 2.36 bits per heavy atom. The van der Waals surface area contributed by atoms with Crippen LogP contribution in [0, 0.1) is 0 Å². The van der Waals surface area contributed by atoms with E-state index in [4.69, 9.17) is 23.2 Å². The first-order valence-corrected chi connectivity index (χ1v) is 3.81. The maximum Gasteiger partial charge on any atom is 0.248 e. The van der Waals surface area contributed by atoms with Gasteiger partial charge in [0.1, 0.15) is 5.54 Å². The average molecular weight is 195 g/mol. The van der Waals surface area contributed by atoms with E-state index in [1.165, 1.54) is 0 Å². The molecule has 1 atom stereocenters. The van der Waals surface area contributed by atoms with Crippen molar-refractivity contribution in [3.63, 3.8) is 0 Å². The van der Waals surface area contributed by atoms with Crippen molar-refractivity contribution in [1.29, 1.82) is 0 Å².